The van der Waals surface area contributed by atoms with Gasteiger partial charge in [0.05, 0.1) is 17.8 Å². The van der Waals surface area contributed by atoms with Crippen LogP contribution in [0.1, 0.15) is 35.2 Å². The van der Waals surface area contributed by atoms with Gasteiger partial charge >= 0.3 is 5.97 Å². The monoisotopic (exact) mass is 406 g/mol. The summed E-state index contributed by atoms with van der Waals surface area (Å²) in [4.78, 5) is 23.3. The number of fused-ring (bicyclic) bond motifs is 2. The molecule has 2 fully saturated rings. The standard InChI is InChI=1S/C25H26O5/c26-19(16-29-20-4-2-1-3-5-20)11-13-22-21(23-14-15-24(22)30-23)12-8-17-6-9-18(10-7-17)25(27)28/h1-7,9-11,13,21-24H,8,12,14-16H2,(H,27,28)/t21-,22+,23-,24+/m1/s1. The Kier molecular flexibility index (Phi) is 6.29. The van der Waals surface area contributed by atoms with Crippen LogP contribution in [-0.4, -0.2) is 35.7 Å². The molecule has 156 valence electrons. The van der Waals surface area contributed by atoms with Crippen molar-refractivity contribution in [2.75, 3.05) is 6.61 Å². The van der Waals surface area contributed by atoms with E-state index in [1.165, 1.54) is 0 Å². The highest BCUT2D eigenvalue weighted by Crippen LogP contribution is 2.46. The molecule has 0 amide bonds. The Hall–Kier alpha value is -2.92. The minimum Gasteiger partial charge on any atom is -0.485 e. The van der Waals surface area contributed by atoms with Crippen molar-refractivity contribution in [1.29, 1.82) is 0 Å². The topological polar surface area (TPSA) is 72.8 Å². The Balaban J connectivity index is 1.33. The Bertz CT molecular complexity index is 903. The second kappa shape index (κ2) is 9.26. The summed E-state index contributed by atoms with van der Waals surface area (Å²) < 4.78 is 11.7. The number of carboxylic acid groups (broad SMARTS) is 1. The Morgan fingerprint density at radius 2 is 1.77 bits per heavy atom. The van der Waals surface area contributed by atoms with Crippen molar-refractivity contribution >= 4 is 11.8 Å². The van der Waals surface area contributed by atoms with Gasteiger partial charge in [-0.15, -0.1) is 0 Å². The van der Waals surface area contributed by atoms with Crippen LogP contribution in [0.3, 0.4) is 0 Å². The zero-order valence-electron chi connectivity index (χ0n) is 16.8. The minimum atomic E-state index is -0.908. The maximum absolute atomic E-state index is 12.3. The number of carbonyl (C=O) groups excluding carboxylic acids is 1. The fourth-order valence-corrected chi connectivity index (χ4v) is 4.54. The molecule has 4 atom stereocenters. The Labute approximate surface area is 176 Å². The third-order valence-electron chi connectivity index (χ3n) is 6.08. The Morgan fingerprint density at radius 3 is 2.50 bits per heavy atom. The third-order valence-corrected chi connectivity index (χ3v) is 6.08. The second-order valence-corrected chi connectivity index (χ2v) is 8.00. The second-order valence-electron chi connectivity index (χ2n) is 8.00. The molecule has 2 bridgehead atoms. The summed E-state index contributed by atoms with van der Waals surface area (Å²) in [5.41, 5.74) is 1.43. The van der Waals surface area contributed by atoms with Crippen LogP contribution in [0.15, 0.2) is 66.7 Å². The molecule has 2 aliphatic heterocycles. The first kappa shape index (κ1) is 20.4. The van der Waals surface area contributed by atoms with Gasteiger partial charge in [-0.3, -0.25) is 4.79 Å². The van der Waals surface area contributed by atoms with Gasteiger partial charge in [-0.1, -0.05) is 36.4 Å². The van der Waals surface area contributed by atoms with Crippen LogP contribution in [0.4, 0.5) is 0 Å². The molecule has 0 aromatic heterocycles. The van der Waals surface area contributed by atoms with Gasteiger partial charge in [0.2, 0.25) is 0 Å². The van der Waals surface area contributed by atoms with Gasteiger partial charge in [-0.2, -0.15) is 0 Å². The maximum Gasteiger partial charge on any atom is 0.335 e. The van der Waals surface area contributed by atoms with Crippen LogP contribution >= 0.6 is 0 Å². The lowest BCUT2D eigenvalue weighted by Gasteiger charge is -2.25. The molecule has 0 saturated carbocycles. The van der Waals surface area contributed by atoms with Crippen LogP contribution in [-0.2, 0) is 16.0 Å². The Morgan fingerprint density at radius 1 is 1.03 bits per heavy atom. The lowest BCUT2D eigenvalue weighted by atomic mass is 9.76. The van der Waals surface area contributed by atoms with Crippen molar-refractivity contribution in [2.45, 2.75) is 37.9 Å². The number of rotatable bonds is 9. The van der Waals surface area contributed by atoms with Gasteiger partial charge in [0.25, 0.3) is 0 Å². The summed E-state index contributed by atoms with van der Waals surface area (Å²) in [5, 5.41) is 9.03. The molecule has 2 heterocycles. The molecule has 1 N–H and O–H groups in total. The van der Waals surface area contributed by atoms with E-state index in [0.717, 1.165) is 31.2 Å². The van der Waals surface area contributed by atoms with E-state index < -0.39 is 5.97 Å². The lowest BCUT2D eigenvalue weighted by molar-refractivity contribution is -0.116. The van der Waals surface area contributed by atoms with Crippen molar-refractivity contribution in [1.82, 2.24) is 0 Å². The molecule has 0 spiro atoms. The van der Waals surface area contributed by atoms with Crippen LogP contribution in [0.5, 0.6) is 5.75 Å². The van der Waals surface area contributed by atoms with E-state index in [1.807, 2.05) is 48.5 Å². The molecule has 5 heteroatoms. The fourth-order valence-electron chi connectivity index (χ4n) is 4.54. The first-order valence-electron chi connectivity index (χ1n) is 10.5. The molecule has 2 aromatic carbocycles. The number of aromatic carboxylic acids is 1. The van der Waals surface area contributed by atoms with Crippen LogP contribution in [0.2, 0.25) is 0 Å². The molecule has 4 rings (SSSR count). The largest absolute Gasteiger partial charge is 0.485 e. The van der Waals surface area contributed by atoms with Crippen molar-refractivity contribution in [3.63, 3.8) is 0 Å². The van der Waals surface area contributed by atoms with Crippen LogP contribution in [0.25, 0.3) is 0 Å². The van der Waals surface area contributed by atoms with Crippen molar-refractivity contribution in [3.8, 4) is 5.75 Å². The molecule has 5 nitrogen and oxygen atoms in total. The maximum atomic E-state index is 12.3. The number of ketones is 1. The molecular weight excluding hydrogens is 380 g/mol. The SMILES string of the molecule is O=C(C=C[C@H]1[C@@H](CCc2ccc(C(=O)O)cc2)[C@H]2CC[C@@H]1O2)COc1ccccc1. The fraction of sp³-hybridized carbons (Fsp3) is 0.360. The number of ether oxygens (including phenoxy) is 2. The first-order valence-corrected chi connectivity index (χ1v) is 10.5. The predicted octanol–water partition coefficient (Wildman–Crippen LogP) is 4.32. The van der Waals surface area contributed by atoms with Gasteiger partial charge in [0.15, 0.2) is 12.4 Å². The summed E-state index contributed by atoms with van der Waals surface area (Å²) >= 11 is 0. The quantitative estimate of drug-likeness (QED) is 0.628. The average molecular weight is 406 g/mol. The van der Waals surface area contributed by atoms with Crippen LogP contribution in [0, 0.1) is 11.8 Å². The van der Waals surface area contributed by atoms with Gasteiger partial charge in [0, 0.05) is 5.92 Å². The average Bonchev–Trinajstić information content (AvgIpc) is 3.37. The molecule has 30 heavy (non-hydrogen) atoms. The highest BCUT2D eigenvalue weighted by molar-refractivity contribution is 5.91. The van der Waals surface area contributed by atoms with Crippen molar-refractivity contribution < 1.29 is 24.2 Å². The summed E-state index contributed by atoms with van der Waals surface area (Å²) in [6.45, 7) is 0.0305. The minimum absolute atomic E-state index is 0.0305. The highest BCUT2D eigenvalue weighted by Gasteiger charge is 2.47. The first-order chi connectivity index (χ1) is 14.6. The van der Waals surface area contributed by atoms with E-state index in [4.69, 9.17) is 14.6 Å². The molecule has 0 unspecified atom stereocenters. The normalized spacial score (nSPS) is 24.9. The van der Waals surface area contributed by atoms with Gasteiger partial charge in [-0.05, 0) is 67.5 Å². The number of aryl methyl sites for hydroxylation is 1. The highest BCUT2D eigenvalue weighted by atomic mass is 16.5. The summed E-state index contributed by atoms with van der Waals surface area (Å²) in [7, 11) is 0. The number of carboxylic acids is 1. The number of hydrogen-bond acceptors (Lipinski definition) is 4. The molecule has 0 aliphatic carbocycles. The summed E-state index contributed by atoms with van der Waals surface area (Å²) in [5.74, 6) is 0.345. The van der Waals surface area contributed by atoms with Gasteiger partial charge < -0.3 is 14.6 Å². The predicted molar refractivity (Wildman–Crippen MR) is 113 cm³/mol. The third kappa shape index (κ3) is 4.79. The van der Waals surface area contributed by atoms with Gasteiger partial charge in [0.1, 0.15) is 5.75 Å². The van der Waals surface area contributed by atoms with Gasteiger partial charge in [-0.25, -0.2) is 4.79 Å². The van der Waals surface area contributed by atoms with E-state index in [9.17, 15) is 9.59 Å². The van der Waals surface area contributed by atoms with E-state index >= 15 is 0 Å². The molecule has 2 aliphatic rings. The molecular formula is C25H26O5. The number of hydrogen-bond donors (Lipinski definition) is 1. The van der Waals surface area contributed by atoms with Crippen molar-refractivity contribution in [2.24, 2.45) is 11.8 Å². The van der Waals surface area contributed by atoms with E-state index in [0.29, 0.717) is 17.2 Å². The molecule has 2 aromatic rings. The summed E-state index contributed by atoms with van der Waals surface area (Å²) in [6, 6.07) is 16.4. The number of carbonyl (C=O) groups is 2. The van der Waals surface area contributed by atoms with Crippen LogP contribution < -0.4 is 4.74 Å². The molecule has 2 saturated heterocycles. The summed E-state index contributed by atoms with van der Waals surface area (Å²) in [6.07, 6.45) is 8.03. The van der Waals surface area contributed by atoms with E-state index in [-0.39, 0.29) is 30.5 Å². The van der Waals surface area contributed by atoms with Crippen molar-refractivity contribution in [3.05, 3.63) is 77.9 Å². The smallest absolute Gasteiger partial charge is 0.335 e. The van der Waals surface area contributed by atoms with E-state index in [1.54, 1.807) is 18.2 Å². The zero-order chi connectivity index (χ0) is 20.9. The van der Waals surface area contributed by atoms with E-state index in [2.05, 4.69) is 0 Å². The molecule has 0 radical (unpaired) electrons. The number of benzene rings is 2. The number of para-hydroxylation sites is 1. The zero-order valence-corrected chi connectivity index (χ0v) is 16.8. The lowest BCUT2D eigenvalue weighted by Crippen LogP contribution is -2.26.